The average molecular weight is 310 g/mol. The highest BCUT2D eigenvalue weighted by atomic mass is 35.5. The van der Waals surface area contributed by atoms with Crippen molar-refractivity contribution < 1.29 is 9.59 Å². The Morgan fingerprint density at radius 1 is 1.38 bits per heavy atom. The van der Waals surface area contributed by atoms with Crippen LogP contribution in [0.2, 0.25) is 5.02 Å². The van der Waals surface area contributed by atoms with E-state index in [2.05, 4.69) is 15.5 Å². The van der Waals surface area contributed by atoms with E-state index in [-0.39, 0.29) is 12.5 Å². The van der Waals surface area contributed by atoms with E-state index in [0.717, 1.165) is 26.1 Å². The van der Waals surface area contributed by atoms with Gasteiger partial charge in [-0.2, -0.15) is 0 Å². The Morgan fingerprint density at radius 3 is 2.67 bits per heavy atom. The monoisotopic (exact) mass is 309 g/mol. The van der Waals surface area contributed by atoms with Gasteiger partial charge in [0.05, 0.1) is 6.54 Å². The minimum absolute atomic E-state index is 0.238. The zero-order chi connectivity index (χ0) is 15.2. The summed E-state index contributed by atoms with van der Waals surface area (Å²) in [5.41, 5.74) is 0.429. The summed E-state index contributed by atoms with van der Waals surface area (Å²) in [5.74, 6) is -0.666. The number of halogens is 1. The van der Waals surface area contributed by atoms with Crippen molar-refractivity contribution in [2.45, 2.75) is 19.4 Å². The van der Waals surface area contributed by atoms with Crippen LogP contribution in [0.1, 0.15) is 23.7 Å². The average Bonchev–Trinajstić information content (AvgIpc) is 2.99. The van der Waals surface area contributed by atoms with Gasteiger partial charge in [-0.1, -0.05) is 18.5 Å². The molecular weight excluding hydrogens is 290 g/mol. The van der Waals surface area contributed by atoms with Gasteiger partial charge >= 0.3 is 0 Å². The molecule has 6 heteroatoms. The third kappa shape index (κ3) is 4.52. The van der Waals surface area contributed by atoms with Crippen molar-refractivity contribution in [1.29, 1.82) is 0 Å². The standard InChI is InChI=1S/C15H20ClN3O2/c1-2-19(13-7-8-17-9-13)10-14(20)18-15(21)11-3-5-12(16)6-4-11/h3-6,13,17H,2,7-10H2,1H3,(H,18,20,21). The normalized spacial score (nSPS) is 18.0. The van der Waals surface area contributed by atoms with E-state index in [4.69, 9.17) is 11.6 Å². The van der Waals surface area contributed by atoms with Crippen LogP contribution < -0.4 is 10.6 Å². The van der Waals surface area contributed by atoms with E-state index in [0.29, 0.717) is 16.6 Å². The molecule has 1 aromatic rings. The fraction of sp³-hybridized carbons (Fsp3) is 0.467. The molecule has 2 rings (SSSR count). The number of amides is 2. The number of carbonyl (C=O) groups is 2. The second-order valence-electron chi connectivity index (χ2n) is 5.09. The SMILES string of the molecule is CCN(CC(=O)NC(=O)c1ccc(Cl)cc1)C1CCNC1. The van der Waals surface area contributed by atoms with E-state index >= 15 is 0 Å². The Bertz CT molecular complexity index is 498. The topological polar surface area (TPSA) is 61.4 Å². The Hall–Kier alpha value is -1.43. The number of hydrogen-bond donors (Lipinski definition) is 2. The Labute approximate surface area is 129 Å². The zero-order valence-corrected chi connectivity index (χ0v) is 12.8. The predicted molar refractivity (Wildman–Crippen MR) is 82.4 cm³/mol. The maximum absolute atomic E-state index is 12.0. The molecule has 1 aromatic carbocycles. The lowest BCUT2D eigenvalue weighted by Crippen LogP contribution is -2.45. The van der Waals surface area contributed by atoms with Gasteiger partial charge in [0.25, 0.3) is 5.91 Å². The molecule has 1 heterocycles. The van der Waals surface area contributed by atoms with Crippen LogP contribution in [0.15, 0.2) is 24.3 Å². The number of likely N-dealkylation sites (N-methyl/N-ethyl adjacent to an activating group) is 1. The maximum atomic E-state index is 12.0. The number of carbonyl (C=O) groups excluding carboxylic acids is 2. The highest BCUT2D eigenvalue weighted by Gasteiger charge is 2.23. The van der Waals surface area contributed by atoms with Gasteiger partial charge in [0.15, 0.2) is 0 Å². The molecule has 0 spiro atoms. The molecule has 0 radical (unpaired) electrons. The van der Waals surface area contributed by atoms with E-state index in [1.54, 1.807) is 24.3 Å². The van der Waals surface area contributed by atoms with Crippen molar-refractivity contribution >= 4 is 23.4 Å². The second kappa shape index (κ2) is 7.54. The van der Waals surface area contributed by atoms with Gasteiger partial charge in [-0.25, -0.2) is 0 Å². The van der Waals surface area contributed by atoms with Crippen molar-refractivity contribution in [2.24, 2.45) is 0 Å². The molecule has 1 atom stereocenters. The van der Waals surface area contributed by atoms with E-state index in [1.165, 1.54) is 0 Å². The van der Waals surface area contributed by atoms with Crippen LogP contribution in [0.4, 0.5) is 0 Å². The van der Waals surface area contributed by atoms with Gasteiger partial charge in [0, 0.05) is 23.2 Å². The molecule has 2 N–H and O–H groups in total. The molecule has 5 nitrogen and oxygen atoms in total. The highest BCUT2D eigenvalue weighted by Crippen LogP contribution is 2.10. The lowest BCUT2D eigenvalue weighted by Gasteiger charge is -2.25. The summed E-state index contributed by atoms with van der Waals surface area (Å²) >= 11 is 5.77. The molecule has 2 amide bonds. The van der Waals surface area contributed by atoms with Gasteiger partial charge < -0.3 is 5.32 Å². The first-order valence-electron chi connectivity index (χ1n) is 7.14. The number of rotatable bonds is 5. The first-order valence-corrected chi connectivity index (χ1v) is 7.52. The highest BCUT2D eigenvalue weighted by molar-refractivity contribution is 6.30. The minimum atomic E-state index is -0.391. The smallest absolute Gasteiger partial charge is 0.257 e. The molecular formula is C15H20ClN3O2. The van der Waals surface area contributed by atoms with Crippen LogP contribution >= 0.6 is 11.6 Å². The van der Waals surface area contributed by atoms with E-state index in [1.807, 2.05) is 6.92 Å². The van der Waals surface area contributed by atoms with Gasteiger partial charge in [0.1, 0.15) is 0 Å². The molecule has 0 aliphatic carbocycles. The lowest BCUT2D eigenvalue weighted by molar-refractivity contribution is -0.121. The van der Waals surface area contributed by atoms with Gasteiger partial charge in [-0.15, -0.1) is 0 Å². The van der Waals surface area contributed by atoms with E-state index < -0.39 is 5.91 Å². The first-order chi connectivity index (χ1) is 10.1. The maximum Gasteiger partial charge on any atom is 0.257 e. The number of imide groups is 1. The first kappa shape index (κ1) is 15.9. The molecule has 1 unspecified atom stereocenters. The van der Waals surface area contributed by atoms with Crippen LogP contribution in [0.5, 0.6) is 0 Å². The lowest BCUT2D eigenvalue weighted by atomic mass is 10.2. The van der Waals surface area contributed by atoms with Crippen molar-refractivity contribution in [3.05, 3.63) is 34.9 Å². The Balaban J connectivity index is 1.88. The summed E-state index contributed by atoms with van der Waals surface area (Å²) < 4.78 is 0. The summed E-state index contributed by atoms with van der Waals surface area (Å²) in [5, 5.41) is 6.26. The minimum Gasteiger partial charge on any atom is -0.315 e. The van der Waals surface area contributed by atoms with E-state index in [9.17, 15) is 9.59 Å². The number of nitrogens with one attached hydrogen (secondary N) is 2. The third-order valence-corrected chi connectivity index (χ3v) is 3.91. The fourth-order valence-corrected chi connectivity index (χ4v) is 2.60. The molecule has 21 heavy (non-hydrogen) atoms. The van der Waals surface area contributed by atoms with Crippen LogP contribution in [0.25, 0.3) is 0 Å². The summed E-state index contributed by atoms with van der Waals surface area (Å²) in [7, 11) is 0. The summed E-state index contributed by atoms with van der Waals surface area (Å²) in [6.45, 7) is 4.92. The zero-order valence-electron chi connectivity index (χ0n) is 12.1. The molecule has 114 valence electrons. The summed E-state index contributed by atoms with van der Waals surface area (Å²) in [6.07, 6.45) is 1.03. The summed E-state index contributed by atoms with van der Waals surface area (Å²) in [6, 6.07) is 6.83. The molecule has 1 aliphatic rings. The number of hydrogen-bond acceptors (Lipinski definition) is 4. The molecule has 0 saturated carbocycles. The largest absolute Gasteiger partial charge is 0.315 e. The number of benzene rings is 1. The molecule has 0 bridgehead atoms. The van der Waals surface area contributed by atoms with Gasteiger partial charge in [-0.05, 0) is 43.8 Å². The number of nitrogens with zero attached hydrogens (tertiary/aromatic N) is 1. The third-order valence-electron chi connectivity index (χ3n) is 3.66. The molecule has 1 saturated heterocycles. The predicted octanol–water partition coefficient (Wildman–Crippen LogP) is 1.28. The molecule has 0 aromatic heterocycles. The Kier molecular flexibility index (Phi) is 5.73. The van der Waals surface area contributed by atoms with Crippen LogP contribution in [0.3, 0.4) is 0 Å². The van der Waals surface area contributed by atoms with Crippen LogP contribution in [-0.2, 0) is 4.79 Å². The fourth-order valence-electron chi connectivity index (χ4n) is 2.47. The van der Waals surface area contributed by atoms with Gasteiger partial charge in [-0.3, -0.25) is 19.8 Å². The Morgan fingerprint density at radius 2 is 2.10 bits per heavy atom. The van der Waals surface area contributed by atoms with Crippen LogP contribution in [-0.4, -0.2) is 48.9 Å². The van der Waals surface area contributed by atoms with Crippen LogP contribution in [0, 0.1) is 0 Å². The van der Waals surface area contributed by atoms with Gasteiger partial charge in [0.2, 0.25) is 5.91 Å². The quantitative estimate of drug-likeness (QED) is 0.860. The van der Waals surface area contributed by atoms with Crippen molar-refractivity contribution in [2.75, 3.05) is 26.2 Å². The van der Waals surface area contributed by atoms with Crippen molar-refractivity contribution in [3.63, 3.8) is 0 Å². The van der Waals surface area contributed by atoms with Crippen molar-refractivity contribution in [1.82, 2.24) is 15.5 Å². The second-order valence-corrected chi connectivity index (χ2v) is 5.53. The molecule has 1 fully saturated rings. The molecule has 1 aliphatic heterocycles. The summed E-state index contributed by atoms with van der Waals surface area (Å²) in [4.78, 5) is 26.0. The van der Waals surface area contributed by atoms with Crippen molar-refractivity contribution in [3.8, 4) is 0 Å².